The van der Waals surface area contributed by atoms with Gasteiger partial charge in [0.25, 0.3) is 0 Å². The van der Waals surface area contributed by atoms with Crippen molar-refractivity contribution >= 4 is 16.0 Å². The van der Waals surface area contributed by atoms with Crippen LogP contribution in [-0.4, -0.2) is 25.2 Å². The summed E-state index contributed by atoms with van der Waals surface area (Å²) in [5.41, 5.74) is 1.34. The van der Waals surface area contributed by atoms with Gasteiger partial charge in [-0.3, -0.25) is 9.52 Å². The van der Waals surface area contributed by atoms with E-state index >= 15 is 0 Å². The Morgan fingerprint density at radius 1 is 1.38 bits per heavy atom. The lowest BCUT2D eigenvalue weighted by Gasteiger charge is -2.08. The number of carboxylic acids is 1. The molecular weight excluding hydrogens is 357 g/mol. The maximum absolute atomic E-state index is 13.1. The lowest BCUT2D eigenvalue weighted by atomic mass is 10.1. The standard InChI is InChI=1S/C19H24FNO4S/c20-17-7-4-6-16(13-17)11-12-26(24,25)21-18-10-9-15(14-18)5-2-1-3-8-19(22)23/h2,4-7,13-15,21H,1,3,8-12H2,(H,22,23). The zero-order valence-corrected chi connectivity index (χ0v) is 15.3. The number of benzene rings is 1. The fraction of sp³-hybridized carbons (Fsp3) is 0.421. The number of nitrogens with one attached hydrogen (secondary N) is 1. The molecule has 0 spiro atoms. The van der Waals surface area contributed by atoms with Gasteiger partial charge in [0.15, 0.2) is 0 Å². The number of rotatable bonds is 10. The second-order valence-electron chi connectivity index (χ2n) is 6.41. The average molecular weight is 381 g/mol. The maximum Gasteiger partial charge on any atom is 0.303 e. The lowest BCUT2D eigenvalue weighted by Crippen LogP contribution is -2.26. The van der Waals surface area contributed by atoms with E-state index in [0.29, 0.717) is 30.5 Å². The summed E-state index contributed by atoms with van der Waals surface area (Å²) in [5, 5.41) is 8.58. The molecule has 0 saturated carbocycles. The van der Waals surface area contributed by atoms with Gasteiger partial charge in [-0.1, -0.05) is 30.4 Å². The Hall–Kier alpha value is -2.15. The normalized spacial score (nSPS) is 17.4. The summed E-state index contributed by atoms with van der Waals surface area (Å²) in [7, 11) is -3.47. The number of aryl methyl sites for hydroxylation is 1. The quantitative estimate of drug-likeness (QED) is 0.481. The molecule has 2 rings (SSSR count). The first-order valence-electron chi connectivity index (χ1n) is 8.68. The van der Waals surface area contributed by atoms with Crippen LogP contribution in [0, 0.1) is 11.7 Å². The fourth-order valence-corrected chi connectivity index (χ4v) is 4.00. The molecule has 0 saturated heterocycles. The summed E-state index contributed by atoms with van der Waals surface area (Å²) in [6.07, 6.45) is 9.04. The second-order valence-corrected chi connectivity index (χ2v) is 8.25. The number of hydrogen-bond acceptors (Lipinski definition) is 3. The Morgan fingerprint density at radius 3 is 2.92 bits per heavy atom. The smallest absolute Gasteiger partial charge is 0.303 e. The summed E-state index contributed by atoms with van der Waals surface area (Å²) in [6.45, 7) is 0. The molecule has 0 aromatic heterocycles. The van der Waals surface area contributed by atoms with Crippen LogP contribution in [0.5, 0.6) is 0 Å². The molecule has 5 nitrogen and oxygen atoms in total. The summed E-state index contributed by atoms with van der Waals surface area (Å²) >= 11 is 0. The predicted molar refractivity (Wildman–Crippen MR) is 98.5 cm³/mol. The molecule has 1 aliphatic rings. The maximum atomic E-state index is 13.1. The number of carbonyl (C=O) groups is 1. The summed E-state index contributed by atoms with van der Waals surface area (Å²) in [6, 6.07) is 5.95. The van der Waals surface area contributed by atoms with E-state index in [9.17, 15) is 17.6 Å². The molecule has 26 heavy (non-hydrogen) atoms. The molecule has 1 aliphatic carbocycles. The van der Waals surface area contributed by atoms with Gasteiger partial charge < -0.3 is 5.11 Å². The molecule has 142 valence electrons. The number of aliphatic carboxylic acids is 1. The highest BCUT2D eigenvalue weighted by atomic mass is 32.2. The molecule has 0 amide bonds. The van der Waals surface area contributed by atoms with E-state index in [4.69, 9.17) is 5.11 Å². The number of hydrogen-bond donors (Lipinski definition) is 2. The van der Waals surface area contributed by atoms with Crippen molar-refractivity contribution in [3.8, 4) is 0 Å². The van der Waals surface area contributed by atoms with Gasteiger partial charge >= 0.3 is 5.97 Å². The molecule has 2 N–H and O–H groups in total. The van der Waals surface area contributed by atoms with Gasteiger partial charge in [-0.15, -0.1) is 0 Å². The van der Waals surface area contributed by atoms with Crippen LogP contribution >= 0.6 is 0 Å². The third-order valence-electron chi connectivity index (χ3n) is 4.14. The van der Waals surface area contributed by atoms with Crippen molar-refractivity contribution in [1.82, 2.24) is 4.72 Å². The van der Waals surface area contributed by atoms with E-state index in [1.165, 1.54) is 12.1 Å². The topological polar surface area (TPSA) is 83.5 Å². The van der Waals surface area contributed by atoms with Crippen LogP contribution in [0.25, 0.3) is 0 Å². The Labute approximate surface area is 153 Å². The third kappa shape index (κ3) is 7.39. The number of unbranched alkanes of at least 4 members (excludes halogenated alkanes) is 1. The zero-order valence-electron chi connectivity index (χ0n) is 14.5. The summed E-state index contributed by atoms with van der Waals surface area (Å²) in [5.74, 6) is -1.09. The SMILES string of the molecule is O=C(O)CCCC=CC1C=C(NS(=O)(=O)CCc2cccc(F)c2)CC1. The van der Waals surface area contributed by atoms with E-state index in [1.807, 2.05) is 18.2 Å². The Morgan fingerprint density at radius 2 is 2.19 bits per heavy atom. The Kier molecular flexibility index (Phi) is 7.38. The van der Waals surface area contributed by atoms with Gasteiger partial charge in [0.2, 0.25) is 10.0 Å². The molecule has 1 aromatic carbocycles. The highest BCUT2D eigenvalue weighted by Gasteiger charge is 2.18. The van der Waals surface area contributed by atoms with Crippen LogP contribution < -0.4 is 4.72 Å². The van der Waals surface area contributed by atoms with Crippen LogP contribution in [0.2, 0.25) is 0 Å². The van der Waals surface area contributed by atoms with Gasteiger partial charge in [-0.2, -0.15) is 0 Å². The largest absolute Gasteiger partial charge is 0.481 e. The first-order valence-corrected chi connectivity index (χ1v) is 10.3. The van der Waals surface area contributed by atoms with Crippen molar-refractivity contribution < 1.29 is 22.7 Å². The van der Waals surface area contributed by atoms with E-state index in [0.717, 1.165) is 6.42 Å². The van der Waals surface area contributed by atoms with E-state index in [-0.39, 0.29) is 30.3 Å². The summed E-state index contributed by atoms with van der Waals surface area (Å²) < 4.78 is 40.1. The second kappa shape index (κ2) is 9.52. The molecule has 0 fully saturated rings. The molecule has 0 aliphatic heterocycles. The molecule has 1 unspecified atom stereocenters. The van der Waals surface area contributed by atoms with Gasteiger partial charge in [0, 0.05) is 12.1 Å². The number of sulfonamides is 1. The van der Waals surface area contributed by atoms with Crippen molar-refractivity contribution in [3.63, 3.8) is 0 Å². The minimum absolute atomic E-state index is 0.0938. The lowest BCUT2D eigenvalue weighted by molar-refractivity contribution is -0.137. The minimum atomic E-state index is -3.47. The van der Waals surface area contributed by atoms with E-state index in [1.54, 1.807) is 12.1 Å². The zero-order chi connectivity index (χ0) is 19.0. The number of halogens is 1. The first-order chi connectivity index (χ1) is 12.3. The fourth-order valence-electron chi connectivity index (χ4n) is 2.82. The minimum Gasteiger partial charge on any atom is -0.481 e. The molecule has 0 bridgehead atoms. The molecule has 1 aromatic rings. The average Bonchev–Trinajstić information content (AvgIpc) is 2.99. The molecular formula is C19H24FNO4S. The predicted octanol–water partition coefficient (Wildman–Crippen LogP) is 3.39. The van der Waals surface area contributed by atoms with Crippen LogP contribution in [-0.2, 0) is 21.2 Å². The van der Waals surface area contributed by atoms with Crippen LogP contribution in [0.4, 0.5) is 4.39 Å². The van der Waals surface area contributed by atoms with Crippen LogP contribution in [0.3, 0.4) is 0 Å². The number of allylic oxidation sites excluding steroid dienone is 4. The number of carboxylic acid groups (broad SMARTS) is 1. The van der Waals surface area contributed by atoms with E-state index in [2.05, 4.69) is 4.72 Å². The Bertz CT molecular complexity index is 786. The monoisotopic (exact) mass is 381 g/mol. The third-order valence-corrected chi connectivity index (χ3v) is 5.46. The van der Waals surface area contributed by atoms with Crippen molar-refractivity contribution in [2.45, 2.75) is 38.5 Å². The van der Waals surface area contributed by atoms with Crippen LogP contribution in [0.1, 0.15) is 37.7 Å². The van der Waals surface area contributed by atoms with Gasteiger partial charge in [0.05, 0.1) is 5.75 Å². The van der Waals surface area contributed by atoms with Crippen LogP contribution in [0.15, 0.2) is 48.2 Å². The van der Waals surface area contributed by atoms with Gasteiger partial charge in [0.1, 0.15) is 5.82 Å². The molecule has 1 atom stereocenters. The first kappa shape index (κ1) is 20.2. The molecule has 0 radical (unpaired) electrons. The highest BCUT2D eigenvalue weighted by Crippen LogP contribution is 2.24. The molecule has 0 heterocycles. The highest BCUT2D eigenvalue weighted by molar-refractivity contribution is 7.89. The van der Waals surface area contributed by atoms with E-state index < -0.39 is 16.0 Å². The van der Waals surface area contributed by atoms with Gasteiger partial charge in [-0.25, -0.2) is 12.8 Å². The molecule has 7 heteroatoms. The van der Waals surface area contributed by atoms with Crippen molar-refractivity contribution in [1.29, 1.82) is 0 Å². The van der Waals surface area contributed by atoms with Crippen molar-refractivity contribution in [3.05, 3.63) is 59.6 Å². The van der Waals surface area contributed by atoms with Gasteiger partial charge in [-0.05, 0) is 55.7 Å². The summed E-state index contributed by atoms with van der Waals surface area (Å²) in [4.78, 5) is 10.4. The van der Waals surface area contributed by atoms with Crippen molar-refractivity contribution in [2.75, 3.05) is 5.75 Å². The Balaban J connectivity index is 1.79. The van der Waals surface area contributed by atoms with Crippen molar-refractivity contribution in [2.24, 2.45) is 5.92 Å².